The summed E-state index contributed by atoms with van der Waals surface area (Å²) in [5, 5.41) is 10.8. The summed E-state index contributed by atoms with van der Waals surface area (Å²) < 4.78 is 2.14. The first-order valence-electron chi connectivity index (χ1n) is 7.66. The van der Waals surface area contributed by atoms with Crippen molar-refractivity contribution in [2.75, 3.05) is 0 Å². The molecule has 2 aromatic carbocycles. The summed E-state index contributed by atoms with van der Waals surface area (Å²) >= 11 is 13.7. The number of aryl methyl sites for hydroxylation is 1. The largest absolute Gasteiger partial charge is 0.302 e. The molecule has 6 heteroatoms. The fraction of sp³-hybridized carbons (Fsp3) is 0.222. The predicted molar refractivity (Wildman–Crippen MR) is 102 cm³/mol. The molecule has 0 saturated carbocycles. The number of aromatic nitrogens is 3. The van der Waals surface area contributed by atoms with Crippen molar-refractivity contribution in [2.45, 2.75) is 31.3 Å². The van der Waals surface area contributed by atoms with E-state index in [1.54, 1.807) is 11.8 Å². The van der Waals surface area contributed by atoms with E-state index in [2.05, 4.69) is 40.7 Å². The van der Waals surface area contributed by atoms with Gasteiger partial charge in [0, 0.05) is 17.9 Å². The van der Waals surface area contributed by atoms with Crippen molar-refractivity contribution in [2.24, 2.45) is 0 Å². The second-order valence-electron chi connectivity index (χ2n) is 5.40. The molecule has 24 heavy (non-hydrogen) atoms. The van der Waals surface area contributed by atoms with E-state index in [1.165, 1.54) is 5.56 Å². The molecule has 0 aliphatic rings. The van der Waals surface area contributed by atoms with Crippen molar-refractivity contribution in [1.29, 1.82) is 0 Å². The molecule has 0 aliphatic heterocycles. The van der Waals surface area contributed by atoms with Crippen molar-refractivity contribution in [3.05, 3.63) is 63.6 Å². The summed E-state index contributed by atoms with van der Waals surface area (Å²) in [7, 11) is 0. The molecule has 3 nitrogen and oxygen atoms in total. The van der Waals surface area contributed by atoms with Crippen LogP contribution in [0.4, 0.5) is 0 Å². The molecule has 1 aromatic heterocycles. The third-order valence-electron chi connectivity index (χ3n) is 3.77. The zero-order chi connectivity index (χ0) is 17.1. The number of hydrogen-bond acceptors (Lipinski definition) is 3. The molecule has 0 N–H and O–H groups in total. The highest BCUT2D eigenvalue weighted by Crippen LogP contribution is 2.29. The standard InChI is InChI=1S/C18H17Cl2N3S/c1-3-23-17(14-7-5-4-6-12(14)2)21-22-18(23)24-11-13-8-9-15(19)16(20)10-13/h4-10H,3,11H2,1-2H3. The fourth-order valence-electron chi connectivity index (χ4n) is 2.48. The zero-order valence-electron chi connectivity index (χ0n) is 13.5. The molecule has 1 heterocycles. The number of benzene rings is 2. The monoisotopic (exact) mass is 377 g/mol. The van der Waals surface area contributed by atoms with Gasteiger partial charge in [0.05, 0.1) is 10.0 Å². The van der Waals surface area contributed by atoms with E-state index in [4.69, 9.17) is 23.2 Å². The predicted octanol–water partition coefficient (Wildman–Crippen LogP) is 5.87. The van der Waals surface area contributed by atoms with Crippen LogP contribution in [0.3, 0.4) is 0 Å². The van der Waals surface area contributed by atoms with Crippen LogP contribution in [0.25, 0.3) is 11.4 Å². The van der Waals surface area contributed by atoms with Crippen LogP contribution in [0.15, 0.2) is 47.6 Å². The SMILES string of the molecule is CCn1c(SCc2ccc(Cl)c(Cl)c2)nnc1-c1ccccc1C. The smallest absolute Gasteiger partial charge is 0.191 e. The second-order valence-corrected chi connectivity index (χ2v) is 7.16. The van der Waals surface area contributed by atoms with E-state index in [0.717, 1.165) is 34.4 Å². The number of halogens is 2. The van der Waals surface area contributed by atoms with Gasteiger partial charge < -0.3 is 4.57 Å². The van der Waals surface area contributed by atoms with Crippen LogP contribution >= 0.6 is 35.0 Å². The van der Waals surface area contributed by atoms with E-state index in [0.29, 0.717) is 10.0 Å². The lowest BCUT2D eigenvalue weighted by atomic mass is 10.1. The Balaban J connectivity index is 1.84. The maximum atomic E-state index is 6.08. The Morgan fingerprint density at radius 3 is 2.54 bits per heavy atom. The van der Waals surface area contributed by atoms with Crippen LogP contribution < -0.4 is 0 Å². The molecule has 0 atom stereocenters. The lowest BCUT2D eigenvalue weighted by Gasteiger charge is -2.09. The first-order chi connectivity index (χ1) is 11.6. The average Bonchev–Trinajstić information content (AvgIpc) is 2.99. The molecular formula is C18H17Cl2N3S. The Hall–Kier alpha value is -1.49. The van der Waals surface area contributed by atoms with E-state index in [1.807, 2.05) is 30.3 Å². The highest BCUT2D eigenvalue weighted by atomic mass is 35.5. The van der Waals surface area contributed by atoms with Crippen LogP contribution in [0.5, 0.6) is 0 Å². The summed E-state index contributed by atoms with van der Waals surface area (Å²) in [5.41, 5.74) is 3.42. The number of hydrogen-bond donors (Lipinski definition) is 0. The van der Waals surface area contributed by atoms with Gasteiger partial charge in [0.1, 0.15) is 0 Å². The molecule has 3 aromatic rings. The van der Waals surface area contributed by atoms with Crippen LogP contribution in [-0.2, 0) is 12.3 Å². The van der Waals surface area contributed by atoms with E-state index in [9.17, 15) is 0 Å². The molecule has 0 aliphatic carbocycles. The molecule has 0 saturated heterocycles. The van der Waals surface area contributed by atoms with Gasteiger partial charge in [0.2, 0.25) is 0 Å². The third kappa shape index (κ3) is 3.61. The van der Waals surface area contributed by atoms with Crippen LogP contribution in [0.1, 0.15) is 18.1 Å². The quantitative estimate of drug-likeness (QED) is 0.520. The number of thioether (sulfide) groups is 1. The van der Waals surface area contributed by atoms with Gasteiger partial charge >= 0.3 is 0 Å². The Bertz CT molecular complexity index is 861. The maximum Gasteiger partial charge on any atom is 0.191 e. The zero-order valence-corrected chi connectivity index (χ0v) is 15.8. The van der Waals surface area contributed by atoms with Gasteiger partial charge in [-0.25, -0.2) is 0 Å². The van der Waals surface area contributed by atoms with Crippen molar-refractivity contribution < 1.29 is 0 Å². The molecule has 0 spiro atoms. The highest BCUT2D eigenvalue weighted by Gasteiger charge is 2.14. The number of nitrogens with zero attached hydrogens (tertiary/aromatic N) is 3. The van der Waals surface area contributed by atoms with Crippen molar-refractivity contribution in [3.8, 4) is 11.4 Å². The van der Waals surface area contributed by atoms with Crippen LogP contribution in [0.2, 0.25) is 10.0 Å². The average molecular weight is 378 g/mol. The van der Waals surface area contributed by atoms with Gasteiger partial charge in [0.15, 0.2) is 11.0 Å². The van der Waals surface area contributed by atoms with Crippen LogP contribution in [-0.4, -0.2) is 14.8 Å². The molecule has 124 valence electrons. The highest BCUT2D eigenvalue weighted by molar-refractivity contribution is 7.98. The summed E-state index contributed by atoms with van der Waals surface area (Å²) in [5.74, 6) is 1.68. The first-order valence-corrected chi connectivity index (χ1v) is 9.40. The molecule has 0 bridgehead atoms. The minimum absolute atomic E-state index is 0.573. The van der Waals surface area contributed by atoms with E-state index >= 15 is 0 Å². The lowest BCUT2D eigenvalue weighted by molar-refractivity contribution is 0.687. The summed E-state index contributed by atoms with van der Waals surface area (Å²) in [6.45, 7) is 5.02. The van der Waals surface area contributed by atoms with Crippen molar-refractivity contribution in [1.82, 2.24) is 14.8 Å². The van der Waals surface area contributed by atoms with Gasteiger partial charge in [-0.05, 0) is 37.1 Å². The summed E-state index contributed by atoms with van der Waals surface area (Å²) in [6, 6.07) is 13.9. The molecule has 0 fully saturated rings. The third-order valence-corrected chi connectivity index (χ3v) is 5.55. The molecule has 0 radical (unpaired) electrons. The molecule has 3 rings (SSSR count). The summed E-state index contributed by atoms with van der Waals surface area (Å²) in [6.07, 6.45) is 0. The minimum atomic E-state index is 0.573. The normalized spacial score (nSPS) is 11.0. The van der Waals surface area contributed by atoms with Crippen molar-refractivity contribution in [3.63, 3.8) is 0 Å². The van der Waals surface area contributed by atoms with E-state index in [-0.39, 0.29) is 0 Å². The van der Waals surface area contributed by atoms with Gasteiger partial charge in [-0.3, -0.25) is 0 Å². The van der Waals surface area contributed by atoms with Gasteiger partial charge in [-0.1, -0.05) is 65.3 Å². The summed E-state index contributed by atoms with van der Waals surface area (Å²) in [4.78, 5) is 0. The fourth-order valence-corrected chi connectivity index (χ4v) is 3.75. The number of rotatable bonds is 5. The molecule has 0 amide bonds. The Labute approximate surface area is 156 Å². The molecule has 0 unspecified atom stereocenters. The van der Waals surface area contributed by atoms with Crippen LogP contribution in [0, 0.1) is 6.92 Å². The molecular weight excluding hydrogens is 361 g/mol. The van der Waals surface area contributed by atoms with E-state index < -0.39 is 0 Å². The Kier molecular flexibility index (Phi) is 5.49. The van der Waals surface area contributed by atoms with Crippen molar-refractivity contribution >= 4 is 35.0 Å². The maximum absolute atomic E-state index is 6.08. The minimum Gasteiger partial charge on any atom is -0.302 e. The second kappa shape index (κ2) is 7.60. The van der Waals surface area contributed by atoms with Gasteiger partial charge in [-0.15, -0.1) is 10.2 Å². The first kappa shape index (κ1) is 17.3. The Morgan fingerprint density at radius 1 is 1.04 bits per heavy atom. The lowest BCUT2D eigenvalue weighted by Crippen LogP contribution is -2.00. The topological polar surface area (TPSA) is 30.7 Å². The van der Waals surface area contributed by atoms with Gasteiger partial charge in [0.25, 0.3) is 0 Å². The Morgan fingerprint density at radius 2 is 1.83 bits per heavy atom. The van der Waals surface area contributed by atoms with Gasteiger partial charge in [-0.2, -0.15) is 0 Å².